The lowest BCUT2D eigenvalue weighted by Gasteiger charge is -2.07. The van der Waals surface area contributed by atoms with Gasteiger partial charge in [0, 0.05) is 11.3 Å². The zero-order valence-corrected chi connectivity index (χ0v) is 15.9. The molecular weight excluding hydrogens is 362 g/mol. The van der Waals surface area contributed by atoms with Crippen molar-refractivity contribution in [3.8, 4) is 5.69 Å². The first-order valence-electron chi connectivity index (χ1n) is 8.48. The van der Waals surface area contributed by atoms with E-state index in [-0.39, 0.29) is 17.4 Å². The molecule has 3 aromatic rings. The number of tetrazole rings is 1. The van der Waals surface area contributed by atoms with Gasteiger partial charge in [-0.3, -0.25) is 9.59 Å². The van der Waals surface area contributed by atoms with Gasteiger partial charge < -0.3 is 5.32 Å². The van der Waals surface area contributed by atoms with Gasteiger partial charge in [0.1, 0.15) is 0 Å². The maximum absolute atomic E-state index is 12.2. The summed E-state index contributed by atoms with van der Waals surface area (Å²) in [5, 5.41) is 15.0. The minimum atomic E-state index is -0.134. The van der Waals surface area contributed by atoms with Crippen LogP contribution in [0.4, 0.5) is 5.69 Å². The van der Waals surface area contributed by atoms with Crippen molar-refractivity contribution in [2.24, 2.45) is 0 Å². The molecule has 0 aliphatic rings. The topological polar surface area (TPSA) is 89.8 Å². The summed E-state index contributed by atoms with van der Waals surface area (Å²) in [4.78, 5) is 23.6. The highest BCUT2D eigenvalue weighted by Gasteiger charge is 2.12. The number of hydrogen-bond donors (Lipinski definition) is 1. The second-order valence-electron chi connectivity index (χ2n) is 5.86. The van der Waals surface area contributed by atoms with Crippen molar-refractivity contribution in [1.29, 1.82) is 0 Å². The van der Waals surface area contributed by atoms with Crippen LogP contribution in [-0.4, -0.2) is 37.7 Å². The van der Waals surface area contributed by atoms with Crippen molar-refractivity contribution in [3.05, 3.63) is 59.7 Å². The number of anilines is 1. The Morgan fingerprint density at radius 3 is 2.41 bits per heavy atom. The van der Waals surface area contributed by atoms with E-state index in [0.29, 0.717) is 10.7 Å². The maximum atomic E-state index is 12.2. The number of nitrogens with zero attached hydrogens (tertiary/aromatic N) is 4. The lowest BCUT2D eigenvalue weighted by atomic mass is 10.1. The van der Waals surface area contributed by atoms with E-state index in [1.807, 2.05) is 24.3 Å². The van der Waals surface area contributed by atoms with Crippen LogP contribution >= 0.6 is 11.8 Å². The van der Waals surface area contributed by atoms with Gasteiger partial charge in [0.2, 0.25) is 11.1 Å². The average molecular weight is 381 g/mol. The molecule has 0 aliphatic carbocycles. The number of rotatable bonds is 7. The quantitative estimate of drug-likeness (QED) is 0.499. The van der Waals surface area contributed by atoms with Crippen LogP contribution in [0.1, 0.15) is 29.8 Å². The summed E-state index contributed by atoms with van der Waals surface area (Å²) >= 11 is 1.24. The highest BCUT2D eigenvalue weighted by atomic mass is 32.2. The normalized spacial score (nSPS) is 10.6. The number of carbonyl (C=O) groups excluding carboxylic acids is 2. The molecule has 1 aromatic heterocycles. The van der Waals surface area contributed by atoms with Crippen LogP contribution in [-0.2, 0) is 11.2 Å². The average Bonchev–Trinajstić information content (AvgIpc) is 3.15. The fourth-order valence-electron chi connectivity index (χ4n) is 2.42. The van der Waals surface area contributed by atoms with Crippen LogP contribution in [0.25, 0.3) is 5.69 Å². The van der Waals surface area contributed by atoms with Gasteiger partial charge in [0.25, 0.3) is 0 Å². The Balaban J connectivity index is 1.62. The molecule has 3 rings (SSSR count). The van der Waals surface area contributed by atoms with E-state index in [0.717, 1.165) is 17.8 Å². The van der Waals surface area contributed by atoms with E-state index in [9.17, 15) is 9.59 Å². The Hall–Kier alpha value is -3.00. The molecule has 1 N–H and O–H groups in total. The first-order chi connectivity index (χ1) is 13.1. The molecule has 0 atom stereocenters. The van der Waals surface area contributed by atoms with E-state index >= 15 is 0 Å². The van der Waals surface area contributed by atoms with Crippen LogP contribution in [0.15, 0.2) is 53.7 Å². The Labute approximate surface area is 161 Å². The first kappa shape index (κ1) is 18.8. The lowest BCUT2D eigenvalue weighted by molar-refractivity contribution is -0.113. The lowest BCUT2D eigenvalue weighted by Crippen LogP contribution is -2.14. The standard InChI is InChI=1S/C19H19N5O2S/c1-3-14-4-8-16(9-5-14)20-18(26)12-27-19-21-22-23-24(19)17-10-6-15(7-11-17)13(2)25/h4-11H,3,12H2,1-2H3,(H,20,26). The number of benzene rings is 2. The fraction of sp³-hybridized carbons (Fsp3) is 0.211. The fourth-order valence-corrected chi connectivity index (χ4v) is 3.11. The monoisotopic (exact) mass is 381 g/mol. The Bertz CT molecular complexity index is 935. The number of Topliss-reactive ketones (excluding diaryl/α,β-unsaturated/α-hetero) is 1. The molecular formula is C19H19N5O2S. The number of nitrogens with one attached hydrogen (secondary N) is 1. The second-order valence-corrected chi connectivity index (χ2v) is 6.81. The van der Waals surface area contributed by atoms with Crippen LogP contribution in [0.5, 0.6) is 0 Å². The predicted molar refractivity (Wildman–Crippen MR) is 104 cm³/mol. The largest absolute Gasteiger partial charge is 0.325 e. The van der Waals surface area contributed by atoms with Gasteiger partial charge in [-0.15, -0.1) is 5.10 Å². The number of carbonyl (C=O) groups is 2. The van der Waals surface area contributed by atoms with Crippen molar-refractivity contribution in [3.63, 3.8) is 0 Å². The molecule has 0 saturated heterocycles. The Morgan fingerprint density at radius 2 is 1.78 bits per heavy atom. The maximum Gasteiger partial charge on any atom is 0.234 e. The molecule has 7 nitrogen and oxygen atoms in total. The van der Waals surface area contributed by atoms with Gasteiger partial charge in [-0.25, -0.2) is 0 Å². The zero-order valence-electron chi connectivity index (χ0n) is 15.0. The smallest absolute Gasteiger partial charge is 0.234 e. The molecule has 27 heavy (non-hydrogen) atoms. The van der Waals surface area contributed by atoms with Crippen molar-refractivity contribution in [1.82, 2.24) is 20.2 Å². The summed E-state index contributed by atoms with van der Waals surface area (Å²) < 4.78 is 1.54. The Kier molecular flexibility index (Phi) is 5.97. The molecule has 138 valence electrons. The highest BCUT2D eigenvalue weighted by molar-refractivity contribution is 7.99. The summed E-state index contributed by atoms with van der Waals surface area (Å²) in [5.41, 5.74) is 3.33. The minimum absolute atomic E-state index is 0.00324. The van der Waals surface area contributed by atoms with Gasteiger partial charge in [0.15, 0.2) is 5.78 Å². The highest BCUT2D eigenvalue weighted by Crippen LogP contribution is 2.19. The number of hydrogen-bond acceptors (Lipinski definition) is 6. The summed E-state index contributed by atoms with van der Waals surface area (Å²) in [6, 6.07) is 14.8. The summed E-state index contributed by atoms with van der Waals surface area (Å²) in [6.45, 7) is 3.60. The number of aryl methyl sites for hydroxylation is 1. The van der Waals surface area contributed by atoms with Gasteiger partial charge in [-0.1, -0.05) is 30.8 Å². The third kappa shape index (κ3) is 4.79. The van der Waals surface area contributed by atoms with E-state index < -0.39 is 0 Å². The second kappa shape index (κ2) is 8.59. The summed E-state index contributed by atoms with van der Waals surface area (Å²) in [5.74, 6) is 0.0452. The third-order valence-corrected chi connectivity index (χ3v) is 4.86. The van der Waals surface area contributed by atoms with Crippen LogP contribution < -0.4 is 5.32 Å². The minimum Gasteiger partial charge on any atom is -0.325 e. The van der Waals surface area contributed by atoms with E-state index in [4.69, 9.17) is 0 Å². The summed E-state index contributed by atoms with van der Waals surface area (Å²) in [6.07, 6.45) is 0.958. The molecule has 1 heterocycles. The molecule has 0 fully saturated rings. The number of thioether (sulfide) groups is 1. The Morgan fingerprint density at radius 1 is 1.07 bits per heavy atom. The third-order valence-electron chi connectivity index (χ3n) is 3.94. The molecule has 0 spiro atoms. The number of aromatic nitrogens is 4. The molecule has 0 radical (unpaired) electrons. The van der Waals surface area contributed by atoms with Crippen molar-refractivity contribution >= 4 is 29.1 Å². The molecule has 0 aliphatic heterocycles. The van der Waals surface area contributed by atoms with Gasteiger partial charge >= 0.3 is 0 Å². The summed E-state index contributed by atoms with van der Waals surface area (Å²) in [7, 11) is 0. The van der Waals surface area contributed by atoms with Gasteiger partial charge in [0.05, 0.1) is 11.4 Å². The van der Waals surface area contributed by atoms with Crippen LogP contribution in [0.2, 0.25) is 0 Å². The van der Waals surface area contributed by atoms with E-state index in [1.165, 1.54) is 28.9 Å². The van der Waals surface area contributed by atoms with Crippen molar-refractivity contribution < 1.29 is 9.59 Å². The first-order valence-corrected chi connectivity index (χ1v) is 9.46. The molecule has 1 amide bonds. The number of amides is 1. The van der Waals surface area contributed by atoms with E-state index in [2.05, 4.69) is 27.8 Å². The van der Waals surface area contributed by atoms with Crippen LogP contribution in [0.3, 0.4) is 0 Å². The van der Waals surface area contributed by atoms with Gasteiger partial charge in [-0.05, 0) is 65.7 Å². The van der Waals surface area contributed by atoms with Crippen molar-refractivity contribution in [2.45, 2.75) is 25.4 Å². The molecule has 8 heteroatoms. The predicted octanol–water partition coefficient (Wildman–Crippen LogP) is 3.16. The SMILES string of the molecule is CCc1ccc(NC(=O)CSc2nnnn2-c2ccc(C(C)=O)cc2)cc1. The molecule has 0 unspecified atom stereocenters. The molecule has 2 aromatic carbocycles. The van der Waals surface area contributed by atoms with E-state index in [1.54, 1.807) is 24.3 Å². The van der Waals surface area contributed by atoms with Crippen LogP contribution in [0, 0.1) is 0 Å². The molecule has 0 saturated carbocycles. The molecule has 0 bridgehead atoms. The van der Waals surface area contributed by atoms with Crippen molar-refractivity contribution in [2.75, 3.05) is 11.1 Å². The number of ketones is 1. The van der Waals surface area contributed by atoms with Gasteiger partial charge in [-0.2, -0.15) is 4.68 Å². The zero-order chi connectivity index (χ0) is 19.2.